The number of nitro groups is 1. The Hall–Kier alpha value is -1.51. The average molecular weight is 327 g/mol. The van der Waals surface area contributed by atoms with E-state index in [2.05, 4.69) is 5.32 Å². The van der Waals surface area contributed by atoms with E-state index in [0.29, 0.717) is 19.0 Å². The molecule has 1 N–H and O–H groups in total. The first kappa shape index (κ1) is 16.9. The minimum Gasteiger partial charge on any atom is -0.319 e. The Bertz CT molecular complexity index is 652. The third-order valence-electron chi connectivity index (χ3n) is 4.14. The molecule has 1 fully saturated rings. The van der Waals surface area contributed by atoms with Crippen molar-refractivity contribution in [1.29, 1.82) is 0 Å². The maximum Gasteiger partial charge on any atom is 0.273 e. The molecule has 0 saturated carbocycles. The van der Waals surface area contributed by atoms with Gasteiger partial charge in [0, 0.05) is 24.7 Å². The van der Waals surface area contributed by atoms with Gasteiger partial charge in [0.05, 0.1) is 9.82 Å². The molecule has 1 aliphatic rings. The molecule has 22 heavy (non-hydrogen) atoms. The molecule has 0 unspecified atom stereocenters. The van der Waals surface area contributed by atoms with Gasteiger partial charge in [-0.05, 0) is 45.3 Å². The number of benzene rings is 1. The molecular formula is C14H21N3O4S. The van der Waals surface area contributed by atoms with Crippen LogP contribution in [-0.2, 0) is 10.0 Å². The number of hydrogen-bond donors (Lipinski definition) is 1. The van der Waals surface area contributed by atoms with E-state index in [-0.39, 0.29) is 16.1 Å². The Labute approximate surface area is 130 Å². The normalized spacial score (nSPS) is 17.5. The van der Waals surface area contributed by atoms with E-state index in [9.17, 15) is 18.5 Å². The van der Waals surface area contributed by atoms with Crippen LogP contribution in [0, 0.1) is 23.0 Å². The lowest BCUT2D eigenvalue weighted by molar-refractivity contribution is -0.385. The van der Waals surface area contributed by atoms with Crippen LogP contribution in [0.15, 0.2) is 23.1 Å². The molecule has 0 radical (unpaired) electrons. The van der Waals surface area contributed by atoms with Gasteiger partial charge in [-0.3, -0.25) is 10.1 Å². The average Bonchev–Trinajstić information content (AvgIpc) is 2.48. The van der Waals surface area contributed by atoms with Crippen LogP contribution in [-0.4, -0.2) is 44.3 Å². The van der Waals surface area contributed by atoms with Gasteiger partial charge in [0.2, 0.25) is 10.0 Å². The highest BCUT2D eigenvalue weighted by molar-refractivity contribution is 7.89. The van der Waals surface area contributed by atoms with Crippen LogP contribution >= 0.6 is 0 Å². The first-order valence-electron chi connectivity index (χ1n) is 7.26. The molecule has 0 atom stereocenters. The summed E-state index contributed by atoms with van der Waals surface area (Å²) in [6.07, 6.45) is 1.60. The van der Waals surface area contributed by atoms with E-state index in [1.54, 1.807) is 0 Å². The van der Waals surface area contributed by atoms with Crippen molar-refractivity contribution in [3.63, 3.8) is 0 Å². The molecule has 1 heterocycles. The van der Waals surface area contributed by atoms with Crippen molar-refractivity contribution in [2.45, 2.75) is 24.7 Å². The fourth-order valence-electron chi connectivity index (χ4n) is 2.86. The molecular weight excluding hydrogens is 306 g/mol. The monoisotopic (exact) mass is 327 g/mol. The molecule has 0 aliphatic carbocycles. The summed E-state index contributed by atoms with van der Waals surface area (Å²) < 4.78 is 26.9. The fraction of sp³-hybridized carbons (Fsp3) is 0.571. The maximum absolute atomic E-state index is 12.7. The second kappa shape index (κ2) is 6.72. The molecule has 1 aromatic carbocycles. The zero-order valence-electron chi connectivity index (χ0n) is 12.8. The van der Waals surface area contributed by atoms with Gasteiger partial charge in [-0.2, -0.15) is 4.31 Å². The van der Waals surface area contributed by atoms with E-state index in [4.69, 9.17) is 0 Å². The van der Waals surface area contributed by atoms with E-state index in [1.165, 1.54) is 29.4 Å². The predicted molar refractivity (Wildman–Crippen MR) is 83.2 cm³/mol. The predicted octanol–water partition coefficient (Wildman–Crippen LogP) is 1.52. The van der Waals surface area contributed by atoms with Gasteiger partial charge < -0.3 is 5.32 Å². The second-order valence-corrected chi connectivity index (χ2v) is 7.47. The Morgan fingerprint density at radius 1 is 1.36 bits per heavy atom. The summed E-state index contributed by atoms with van der Waals surface area (Å²) in [5, 5.41) is 14.1. The van der Waals surface area contributed by atoms with Gasteiger partial charge >= 0.3 is 0 Å². The lowest BCUT2D eigenvalue weighted by Crippen LogP contribution is -2.40. The first-order valence-corrected chi connectivity index (χ1v) is 8.70. The van der Waals surface area contributed by atoms with Crippen molar-refractivity contribution in [3.8, 4) is 0 Å². The van der Waals surface area contributed by atoms with Crippen molar-refractivity contribution in [3.05, 3.63) is 33.9 Å². The van der Waals surface area contributed by atoms with E-state index in [0.717, 1.165) is 19.4 Å². The topological polar surface area (TPSA) is 92.6 Å². The lowest BCUT2D eigenvalue weighted by Gasteiger charge is -2.31. The number of hydrogen-bond acceptors (Lipinski definition) is 5. The molecule has 1 aliphatic heterocycles. The number of nitrogens with zero attached hydrogens (tertiary/aromatic N) is 2. The molecule has 122 valence electrons. The summed E-state index contributed by atoms with van der Waals surface area (Å²) in [5.74, 6) is 0.475. The summed E-state index contributed by atoms with van der Waals surface area (Å²) in [4.78, 5) is 10.5. The van der Waals surface area contributed by atoms with Gasteiger partial charge in [-0.1, -0.05) is 6.07 Å². The van der Waals surface area contributed by atoms with Crippen molar-refractivity contribution >= 4 is 15.7 Å². The summed E-state index contributed by atoms with van der Waals surface area (Å²) >= 11 is 0. The Morgan fingerprint density at radius 2 is 2.00 bits per heavy atom. The summed E-state index contributed by atoms with van der Waals surface area (Å²) in [5.41, 5.74) is 0.0380. The number of piperidine rings is 1. The third kappa shape index (κ3) is 3.29. The molecule has 0 bridgehead atoms. The SMILES string of the molecule is CNCC1CCN(S(=O)(=O)c2cccc([N+](=O)[O-])c2C)CC1. The zero-order chi connectivity index (χ0) is 16.3. The summed E-state index contributed by atoms with van der Waals surface area (Å²) in [6.45, 7) is 3.27. The van der Waals surface area contributed by atoms with Gasteiger partial charge in [0.25, 0.3) is 5.69 Å². The number of nitrogens with one attached hydrogen (secondary N) is 1. The third-order valence-corrected chi connectivity index (χ3v) is 6.18. The van der Waals surface area contributed by atoms with Gasteiger partial charge in [-0.15, -0.1) is 0 Å². The largest absolute Gasteiger partial charge is 0.319 e. The van der Waals surface area contributed by atoms with Gasteiger partial charge in [0.15, 0.2) is 0 Å². The zero-order valence-corrected chi connectivity index (χ0v) is 13.6. The van der Waals surface area contributed by atoms with E-state index >= 15 is 0 Å². The number of rotatable bonds is 5. The molecule has 2 rings (SSSR count). The van der Waals surface area contributed by atoms with Gasteiger partial charge in [-0.25, -0.2) is 8.42 Å². The minimum absolute atomic E-state index is 0.0359. The van der Waals surface area contributed by atoms with E-state index < -0.39 is 14.9 Å². The molecule has 0 spiro atoms. The summed E-state index contributed by atoms with van der Waals surface area (Å²) in [6, 6.07) is 4.19. The minimum atomic E-state index is -3.68. The van der Waals surface area contributed by atoms with Crippen molar-refractivity contribution in [1.82, 2.24) is 9.62 Å². The van der Waals surface area contributed by atoms with Crippen LogP contribution in [0.4, 0.5) is 5.69 Å². The Morgan fingerprint density at radius 3 is 2.55 bits per heavy atom. The second-order valence-electron chi connectivity index (χ2n) is 5.56. The fourth-order valence-corrected chi connectivity index (χ4v) is 4.57. The van der Waals surface area contributed by atoms with Crippen LogP contribution in [0.5, 0.6) is 0 Å². The maximum atomic E-state index is 12.7. The van der Waals surface area contributed by atoms with Crippen molar-refractivity contribution in [2.24, 2.45) is 5.92 Å². The Kier molecular flexibility index (Phi) is 5.15. The smallest absolute Gasteiger partial charge is 0.273 e. The lowest BCUT2D eigenvalue weighted by atomic mass is 9.98. The van der Waals surface area contributed by atoms with Gasteiger partial charge in [0.1, 0.15) is 0 Å². The molecule has 0 aromatic heterocycles. The molecule has 1 aromatic rings. The van der Waals surface area contributed by atoms with Crippen LogP contribution in [0.1, 0.15) is 18.4 Å². The van der Waals surface area contributed by atoms with Crippen LogP contribution in [0.2, 0.25) is 0 Å². The highest BCUT2D eigenvalue weighted by Crippen LogP contribution is 2.29. The molecule has 7 nitrogen and oxygen atoms in total. The number of nitro benzene ring substituents is 1. The van der Waals surface area contributed by atoms with Crippen LogP contribution in [0.25, 0.3) is 0 Å². The standard InChI is InChI=1S/C14H21N3O4S/c1-11-13(17(18)19)4-3-5-14(11)22(20,21)16-8-6-12(7-9-16)10-15-2/h3-5,12,15H,6-10H2,1-2H3. The molecule has 0 amide bonds. The summed E-state index contributed by atoms with van der Waals surface area (Å²) in [7, 11) is -1.79. The number of sulfonamides is 1. The van der Waals surface area contributed by atoms with E-state index in [1.807, 2.05) is 7.05 Å². The first-order chi connectivity index (χ1) is 10.4. The highest BCUT2D eigenvalue weighted by atomic mass is 32.2. The molecule has 1 saturated heterocycles. The van der Waals surface area contributed by atoms with Crippen LogP contribution in [0.3, 0.4) is 0 Å². The Balaban J connectivity index is 2.25. The molecule has 8 heteroatoms. The quantitative estimate of drug-likeness (QED) is 0.654. The van der Waals surface area contributed by atoms with Crippen LogP contribution < -0.4 is 5.32 Å². The van der Waals surface area contributed by atoms with Crippen molar-refractivity contribution in [2.75, 3.05) is 26.7 Å². The van der Waals surface area contributed by atoms with Crippen molar-refractivity contribution < 1.29 is 13.3 Å². The highest BCUT2D eigenvalue weighted by Gasteiger charge is 2.31.